The Morgan fingerprint density at radius 1 is 1.32 bits per heavy atom. The molecule has 3 heteroatoms. The zero-order valence-electron chi connectivity index (χ0n) is 12.0. The number of hydrogen-bond acceptors (Lipinski definition) is 2. The number of carbonyl (C=O) groups is 1. The van der Waals surface area contributed by atoms with E-state index in [1.807, 2.05) is 31.3 Å². The molecule has 1 aromatic rings. The Bertz CT molecular complexity index is 438. The molecule has 104 valence electrons. The standard InChI is InChI=1S/C16H24N2O/c1-16(9-5-10-16)12-18-15(19)14-7-4-3-6-13(14)8-11-17-2/h3-4,6-7,17H,5,8-12H2,1-2H3,(H,18,19). The highest BCUT2D eigenvalue weighted by Crippen LogP contribution is 2.39. The molecular weight excluding hydrogens is 236 g/mol. The van der Waals surface area contributed by atoms with Crippen molar-refractivity contribution in [2.75, 3.05) is 20.1 Å². The Kier molecular flexibility index (Phi) is 4.59. The van der Waals surface area contributed by atoms with Gasteiger partial charge in [0.1, 0.15) is 0 Å². The van der Waals surface area contributed by atoms with E-state index in [4.69, 9.17) is 0 Å². The highest BCUT2D eigenvalue weighted by molar-refractivity contribution is 5.95. The number of rotatable bonds is 6. The van der Waals surface area contributed by atoms with Crippen molar-refractivity contribution in [1.29, 1.82) is 0 Å². The summed E-state index contributed by atoms with van der Waals surface area (Å²) in [6.45, 7) is 3.94. The quantitative estimate of drug-likeness (QED) is 0.824. The lowest BCUT2D eigenvalue weighted by Gasteiger charge is -2.38. The number of likely N-dealkylation sites (N-methyl/N-ethyl adjacent to an activating group) is 1. The molecule has 1 amide bonds. The molecule has 2 N–H and O–H groups in total. The Hall–Kier alpha value is -1.35. The third-order valence-corrected chi connectivity index (χ3v) is 4.14. The van der Waals surface area contributed by atoms with Gasteiger partial charge in [0, 0.05) is 12.1 Å². The zero-order chi connectivity index (χ0) is 13.7. The van der Waals surface area contributed by atoms with Crippen LogP contribution in [0.15, 0.2) is 24.3 Å². The van der Waals surface area contributed by atoms with Crippen LogP contribution in [0.5, 0.6) is 0 Å². The molecule has 0 aliphatic heterocycles. The maximum Gasteiger partial charge on any atom is 0.251 e. The third-order valence-electron chi connectivity index (χ3n) is 4.14. The Morgan fingerprint density at radius 3 is 2.68 bits per heavy atom. The van der Waals surface area contributed by atoms with E-state index in [0.717, 1.165) is 30.6 Å². The number of nitrogens with one attached hydrogen (secondary N) is 2. The number of carbonyl (C=O) groups excluding carboxylic acids is 1. The van der Waals surface area contributed by atoms with Gasteiger partial charge in [0.05, 0.1) is 0 Å². The van der Waals surface area contributed by atoms with E-state index < -0.39 is 0 Å². The van der Waals surface area contributed by atoms with Crippen molar-refractivity contribution in [1.82, 2.24) is 10.6 Å². The van der Waals surface area contributed by atoms with Crippen molar-refractivity contribution in [2.45, 2.75) is 32.6 Å². The second-order valence-electron chi connectivity index (χ2n) is 5.86. The van der Waals surface area contributed by atoms with Gasteiger partial charge >= 0.3 is 0 Å². The molecule has 1 fully saturated rings. The predicted octanol–water partition coefficient (Wildman–Crippen LogP) is 2.37. The summed E-state index contributed by atoms with van der Waals surface area (Å²) in [5.74, 6) is 0.0693. The van der Waals surface area contributed by atoms with Gasteiger partial charge in [-0.25, -0.2) is 0 Å². The number of hydrogen-bond donors (Lipinski definition) is 2. The topological polar surface area (TPSA) is 41.1 Å². The van der Waals surface area contributed by atoms with Crippen molar-refractivity contribution in [3.05, 3.63) is 35.4 Å². The lowest BCUT2D eigenvalue weighted by Crippen LogP contribution is -2.40. The van der Waals surface area contributed by atoms with E-state index in [9.17, 15) is 4.79 Å². The molecule has 1 saturated carbocycles. The Labute approximate surface area is 115 Å². The molecule has 0 spiro atoms. The van der Waals surface area contributed by atoms with Gasteiger partial charge in [0.15, 0.2) is 0 Å². The summed E-state index contributed by atoms with van der Waals surface area (Å²) in [6.07, 6.45) is 4.64. The van der Waals surface area contributed by atoms with Crippen molar-refractivity contribution < 1.29 is 4.79 Å². The van der Waals surface area contributed by atoms with Crippen molar-refractivity contribution in [3.63, 3.8) is 0 Å². The molecule has 0 saturated heterocycles. The van der Waals surface area contributed by atoms with E-state index in [0.29, 0.717) is 5.41 Å². The van der Waals surface area contributed by atoms with Crippen LogP contribution < -0.4 is 10.6 Å². The lowest BCUT2D eigenvalue weighted by atomic mass is 9.70. The number of amides is 1. The summed E-state index contributed by atoms with van der Waals surface area (Å²) in [5, 5.41) is 6.22. The molecular formula is C16H24N2O. The minimum atomic E-state index is 0.0693. The lowest BCUT2D eigenvalue weighted by molar-refractivity contribution is 0.0890. The van der Waals surface area contributed by atoms with Crippen LogP contribution in [0.4, 0.5) is 0 Å². The van der Waals surface area contributed by atoms with Gasteiger partial charge in [-0.15, -0.1) is 0 Å². The van der Waals surface area contributed by atoms with Crippen LogP contribution >= 0.6 is 0 Å². The second kappa shape index (κ2) is 6.20. The maximum atomic E-state index is 12.3. The van der Waals surface area contributed by atoms with Gasteiger partial charge < -0.3 is 10.6 Å². The van der Waals surface area contributed by atoms with E-state index in [1.165, 1.54) is 19.3 Å². The van der Waals surface area contributed by atoms with Crippen molar-refractivity contribution in [3.8, 4) is 0 Å². The molecule has 19 heavy (non-hydrogen) atoms. The predicted molar refractivity (Wildman–Crippen MR) is 78.4 cm³/mol. The first-order valence-electron chi connectivity index (χ1n) is 7.15. The van der Waals surface area contributed by atoms with Crippen LogP contribution in [-0.2, 0) is 6.42 Å². The molecule has 0 bridgehead atoms. The summed E-state index contributed by atoms with van der Waals surface area (Å²) < 4.78 is 0. The minimum absolute atomic E-state index is 0.0693. The molecule has 1 aliphatic carbocycles. The van der Waals surface area contributed by atoms with Crippen LogP contribution in [0.1, 0.15) is 42.1 Å². The Balaban J connectivity index is 1.97. The van der Waals surface area contributed by atoms with E-state index >= 15 is 0 Å². The second-order valence-corrected chi connectivity index (χ2v) is 5.86. The molecule has 0 atom stereocenters. The fourth-order valence-electron chi connectivity index (χ4n) is 2.57. The monoisotopic (exact) mass is 260 g/mol. The normalized spacial score (nSPS) is 16.7. The molecule has 0 heterocycles. The molecule has 1 aliphatic rings. The molecule has 1 aromatic carbocycles. The average Bonchev–Trinajstić information content (AvgIpc) is 2.40. The van der Waals surface area contributed by atoms with E-state index in [1.54, 1.807) is 0 Å². The average molecular weight is 260 g/mol. The third kappa shape index (κ3) is 3.57. The summed E-state index contributed by atoms with van der Waals surface area (Å²) >= 11 is 0. The first kappa shape index (κ1) is 14.1. The van der Waals surface area contributed by atoms with Crippen molar-refractivity contribution >= 4 is 5.91 Å². The highest BCUT2D eigenvalue weighted by Gasteiger charge is 2.32. The van der Waals surface area contributed by atoms with Crippen LogP contribution in [0.2, 0.25) is 0 Å². The molecule has 0 radical (unpaired) electrons. The van der Waals surface area contributed by atoms with E-state index in [2.05, 4.69) is 17.6 Å². The SMILES string of the molecule is CNCCc1ccccc1C(=O)NCC1(C)CCC1. The number of benzene rings is 1. The first-order valence-corrected chi connectivity index (χ1v) is 7.15. The van der Waals surface area contributed by atoms with Gasteiger partial charge in [-0.05, 0) is 49.9 Å². The van der Waals surface area contributed by atoms with Crippen LogP contribution in [-0.4, -0.2) is 26.0 Å². The first-order chi connectivity index (χ1) is 9.14. The maximum absolute atomic E-state index is 12.3. The highest BCUT2D eigenvalue weighted by atomic mass is 16.1. The molecule has 2 rings (SSSR count). The Morgan fingerprint density at radius 2 is 2.05 bits per heavy atom. The van der Waals surface area contributed by atoms with Crippen LogP contribution in [0.3, 0.4) is 0 Å². The molecule has 0 unspecified atom stereocenters. The summed E-state index contributed by atoms with van der Waals surface area (Å²) in [7, 11) is 1.93. The molecule has 3 nitrogen and oxygen atoms in total. The van der Waals surface area contributed by atoms with Gasteiger partial charge in [-0.3, -0.25) is 4.79 Å². The smallest absolute Gasteiger partial charge is 0.251 e. The van der Waals surface area contributed by atoms with E-state index in [-0.39, 0.29) is 5.91 Å². The minimum Gasteiger partial charge on any atom is -0.351 e. The fraction of sp³-hybridized carbons (Fsp3) is 0.562. The van der Waals surface area contributed by atoms with Gasteiger partial charge in [-0.1, -0.05) is 31.5 Å². The van der Waals surface area contributed by atoms with Gasteiger partial charge in [-0.2, -0.15) is 0 Å². The van der Waals surface area contributed by atoms with Gasteiger partial charge in [0.25, 0.3) is 5.91 Å². The summed E-state index contributed by atoms with van der Waals surface area (Å²) in [6, 6.07) is 7.89. The molecule has 0 aromatic heterocycles. The van der Waals surface area contributed by atoms with Crippen molar-refractivity contribution in [2.24, 2.45) is 5.41 Å². The fourth-order valence-corrected chi connectivity index (χ4v) is 2.57. The summed E-state index contributed by atoms with van der Waals surface area (Å²) in [5.41, 5.74) is 2.27. The largest absolute Gasteiger partial charge is 0.351 e. The zero-order valence-corrected chi connectivity index (χ0v) is 12.0. The summed E-state index contributed by atoms with van der Waals surface area (Å²) in [4.78, 5) is 12.3. The van der Waals surface area contributed by atoms with Crippen LogP contribution in [0.25, 0.3) is 0 Å². The van der Waals surface area contributed by atoms with Crippen LogP contribution in [0, 0.1) is 5.41 Å². The van der Waals surface area contributed by atoms with Gasteiger partial charge in [0.2, 0.25) is 0 Å².